The van der Waals surface area contributed by atoms with E-state index < -0.39 is 0 Å². The molecule has 1 atom stereocenters. The van der Waals surface area contributed by atoms with Crippen molar-refractivity contribution in [3.8, 4) is 0 Å². The summed E-state index contributed by atoms with van der Waals surface area (Å²) in [6.45, 7) is 9.91. The van der Waals surface area contributed by atoms with Gasteiger partial charge in [-0.25, -0.2) is 0 Å². The first kappa shape index (κ1) is 20.5. The van der Waals surface area contributed by atoms with Gasteiger partial charge in [0.1, 0.15) is 5.76 Å². The van der Waals surface area contributed by atoms with E-state index in [1.54, 1.807) is 6.26 Å². The van der Waals surface area contributed by atoms with Crippen molar-refractivity contribution in [3.05, 3.63) is 24.2 Å². The summed E-state index contributed by atoms with van der Waals surface area (Å²) in [7, 11) is 0. The molecule has 25 heavy (non-hydrogen) atoms. The van der Waals surface area contributed by atoms with Crippen molar-refractivity contribution in [3.63, 3.8) is 0 Å². The van der Waals surface area contributed by atoms with Gasteiger partial charge in [-0.05, 0) is 25.0 Å². The largest absolute Gasteiger partial charge is 0.469 e. The van der Waals surface area contributed by atoms with E-state index in [9.17, 15) is 0 Å². The molecule has 0 aliphatic carbocycles. The molecule has 6 nitrogen and oxygen atoms in total. The minimum atomic E-state index is 0. The van der Waals surface area contributed by atoms with Crippen molar-refractivity contribution in [1.29, 1.82) is 0 Å². The normalized spacial score (nSPS) is 22.0. The van der Waals surface area contributed by atoms with Crippen molar-refractivity contribution < 1.29 is 9.15 Å². The number of nitrogens with one attached hydrogen (secondary N) is 1. The maximum Gasteiger partial charge on any atom is 0.193 e. The molecule has 3 heterocycles. The first-order chi connectivity index (χ1) is 11.9. The molecule has 0 bridgehead atoms. The van der Waals surface area contributed by atoms with Crippen LogP contribution in [0.2, 0.25) is 0 Å². The first-order valence-electron chi connectivity index (χ1n) is 9.24. The zero-order valence-corrected chi connectivity index (χ0v) is 17.5. The highest BCUT2D eigenvalue weighted by Gasteiger charge is 2.30. The van der Waals surface area contributed by atoms with Gasteiger partial charge in [-0.1, -0.05) is 6.92 Å². The molecule has 0 spiro atoms. The molecule has 0 radical (unpaired) electrons. The van der Waals surface area contributed by atoms with Crippen LogP contribution in [0.1, 0.15) is 25.5 Å². The average molecular weight is 462 g/mol. The lowest BCUT2D eigenvalue weighted by Gasteiger charge is -2.32. The van der Waals surface area contributed by atoms with E-state index >= 15 is 0 Å². The van der Waals surface area contributed by atoms with Crippen molar-refractivity contribution in [2.24, 2.45) is 4.99 Å². The molecule has 7 heteroatoms. The van der Waals surface area contributed by atoms with Gasteiger partial charge >= 0.3 is 0 Å². The lowest BCUT2D eigenvalue weighted by molar-refractivity contribution is 0.0195. The molecular weight excluding hydrogens is 431 g/mol. The van der Waals surface area contributed by atoms with E-state index in [1.807, 2.05) is 12.1 Å². The second kappa shape index (κ2) is 11.0. The average Bonchev–Trinajstić information content (AvgIpc) is 3.30. The topological polar surface area (TPSA) is 53.2 Å². The molecule has 142 valence electrons. The van der Waals surface area contributed by atoms with E-state index in [2.05, 4.69) is 22.0 Å². The molecule has 2 fully saturated rings. The number of furan rings is 1. The summed E-state index contributed by atoms with van der Waals surface area (Å²) in [5.41, 5.74) is 0. The number of nitrogens with zero attached hydrogens (tertiary/aromatic N) is 3. The summed E-state index contributed by atoms with van der Waals surface area (Å²) < 4.78 is 10.9. The van der Waals surface area contributed by atoms with Crippen molar-refractivity contribution >= 4 is 29.9 Å². The van der Waals surface area contributed by atoms with Crippen LogP contribution in [0.25, 0.3) is 0 Å². The number of likely N-dealkylation sites (tertiary alicyclic amines) is 1. The van der Waals surface area contributed by atoms with Crippen LogP contribution in [-0.4, -0.2) is 74.3 Å². The van der Waals surface area contributed by atoms with Crippen LogP contribution in [0.15, 0.2) is 27.8 Å². The molecule has 1 N–H and O–H groups in total. The van der Waals surface area contributed by atoms with Gasteiger partial charge in [-0.2, -0.15) is 0 Å². The Bertz CT molecular complexity index is 503. The second-order valence-corrected chi connectivity index (χ2v) is 6.50. The summed E-state index contributed by atoms with van der Waals surface area (Å²) in [4.78, 5) is 9.77. The molecule has 3 rings (SSSR count). The fourth-order valence-corrected chi connectivity index (χ4v) is 3.41. The van der Waals surface area contributed by atoms with Gasteiger partial charge in [0.05, 0.1) is 19.5 Å². The Balaban J connectivity index is 0.00000225. The Morgan fingerprint density at radius 2 is 2.16 bits per heavy atom. The number of guanidine groups is 1. The van der Waals surface area contributed by atoms with Crippen LogP contribution in [0, 0.1) is 0 Å². The maximum atomic E-state index is 5.47. The minimum Gasteiger partial charge on any atom is -0.469 e. The summed E-state index contributed by atoms with van der Waals surface area (Å²) in [6.07, 6.45) is 4.91. The predicted octanol–water partition coefficient (Wildman–Crippen LogP) is 2.20. The fourth-order valence-electron chi connectivity index (χ4n) is 3.41. The molecule has 2 aliphatic heterocycles. The van der Waals surface area contributed by atoms with Gasteiger partial charge in [0, 0.05) is 51.7 Å². The fraction of sp³-hybridized carbons (Fsp3) is 0.722. The van der Waals surface area contributed by atoms with Crippen LogP contribution in [0.4, 0.5) is 0 Å². The molecule has 0 amide bonds. The number of ether oxygens (including phenoxy) is 1. The Morgan fingerprint density at radius 3 is 2.88 bits per heavy atom. The van der Waals surface area contributed by atoms with Gasteiger partial charge in [-0.15, -0.1) is 24.0 Å². The Labute approximate surface area is 168 Å². The maximum absolute atomic E-state index is 5.47. The van der Waals surface area contributed by atoms with E-state index in [0.717, 1.165) is 77.0 Å². The van der Waals surface area contributed by atoms with Gasteiger partial charge in [0.2, 0.25) is 0 Å². The van der Waals surface area contributed by atoms with Crippen LogP contribution >= 0.6 is 24.0 Å². The summed E-state index contributed by atoms with van der Waals surface area (Å²) in [5, 5.41) is 3.53. The lowest BCUT2D eigenvalue weighted by Crippen LogP contribution is -2.47. The molecule has 2 saturated heterocycles. The number of morpholine rings is 1. The monoisotopic (exact) mass is 462 g/mol. The van der Waals surface area contributed by atoms with Crippen LogP contribution < -0.4 is 5.32 Å². The highest BCUT2D eigenvalue weighted by atomic mass is 127. The Morgan fingerprint density at radius 1 is 1.32 bits per heavy atom. The van der Waals surface area contributed by atoms with Crippen LogP contribution in [-0.2, 0) is 11.2 Å². The SMILES string of the molecule is CCCN=C(NCCc1ccco1)N1CCC(N2CCOCC2)C1.I. The lowest BCUT2D eigenvalue weighted by atomic mass is 10.2. The van der Waals surface area contributed by atoms with Crippen LogP contribution in [0.3, 0.4) is 0 Å². The van der Waals surface area contributed by atoms with Gasteiger partial charge in [0.25, 0.3) is 0 Å². The Hall–Kier alpha value is -0.800. The van der Waals surface area contributed by atoms with E-state index in [1.165, 1.54) is 6.42 Å². The molecular formula is C18H31IN4O2. The number of halogens is 1. The van der Waals surface area contributed by atoms with Gasteiger partial charge in [0.15, 0.2) is 5.96 Å². The number of hydrogen-bond donors (Lipinski definition) is 1. The molecule has 0 saturated carbocycles. The standard InChI is InChI=1S/C18H30N4O2.HI/c1-2-7-19-18(20-8-5-17-4-3-12-24-17)22-9-6-16(15-22)21-10-13-23-14-11-21;/h3-4,12,16H,2,5-11,13-15H2,1H3,(H,19,20);1H. The van der Waals surface area contributed by atoms with Crippen molar-refractivity contribution in [2.45, 2.75) is 32.2 Å². The molecule has 1 aromatic heterocycles. The zero-order valence-electron chi connectivity index (χ0n) is 15.2. The third-order valence-corrected chi connectivity index (χ3v) is 4.74. The number of hydrogen-bond acceptors (Lipinski definition) is 4. The van der Waals surface area contributed by atoms with Crippen LogP contribution in [0.5, 0.6) is 0 Å². The van der Waals surface area contributed by atoms with Crippen molar-refractivity contribution in [1.82, 2.24) is 15.1 Å². The first-order valence-corrected chi connectivity index (χ1v) is 9.24. The van der Waals surface area contributed by atoms with Crippen molar-refractivity contribution in [2.75, 3.05) is 52.5 Å². The molecule has 2 aliphatic rings. The van der Waals surface area contributed by atoms with E-state index in [-0.39, 0.29) is 24.0 Å². The molecule has 0 aromatic carbocycles. The Kier molecular flexibility index (Phi) is 9.05. The number of rotatable bonds is 6. The second-order valence-electron chi connectivity index (χ2n) is 6.50. The van der Waals surface area contributed by atoms with E-state index in [0.29, 0.717) is 6.04 Å². The summed E-state index contributed by atoms with van der Waals surface area (Å²) >= 11 is 0. The minimum absolute atomic E-state index is 0. The summed E-state index contributed by atoms with van der Waals surface area (Å²) in [6, 6.07) is 4.59. The highest BCUT2D eigenvalue weighted by molar-refractivity contribution is 14.0. The number of aliphatic imine (C=N–C) groups is 1. The predicted molar refractivity (Wildman–Crippen MR) is 111 cm³/mol. The molecule has 1 unspecified atom stereocenters. The van der Waals surface area contributed by atoms with Gasteiger partial charge < -0.3 is 19.4 Å². The highest BCUT2D eigenvalue weighted by Crippen LogP contribution is 2.17. The third-order valence-electron chi connectivity index (χ3n) is 4.74. The van der Waals surface area contributed by atoms with Gasteiger partial charge in [-0.3, -0.25) is 9.89 Å². The quantitative estimate of drug-likeness (QED) is 0.399. The third kappa shape index (κ3) is 6.14. The zero-order chi connectivity index (χ0) is 16.6. The van der Waals surface area contributed by atoms with E-state index in [4.69, 9.17) is 14.1 Å². The summed E-state index contributed by atoms with van der Waals surface area (Å²) in [5.74, 6) is 2.07. The smallest absolute Gasteiger partial charge is 0.193 e. The molecule has 1 aromatic rings.